The van der Waals surface area contributed by atoms with E-state index >= 15 is 0 Å². The predicted octanol–water partition coefficient (Wildman–Crippen LogP) is 4.79. The van der Waals surface area contributed by atoms with Crippen LogP contribution in [0, 0.1) is 26.7 Å². The Morgan fingerprint density at radius 1 is 1.02 bits per heavy atom. The van der Waals surface area contributed by atoms with Crippen LogP contribution in [0.25, 0.3) is 11.1 Å². The van der Waals surface area contributed by atoms with Gasteiger partial charge in [0.2, 0.25) is 5.91 Å². The van der Waals surface area contributed by atoms with Gasteiger partial charge in [0.05, 0.1) is 21.8 Å². The van der Waals surface area contributed by atoms with Gasteiger partial charge in [-0.05, 0) is 105 Å². The van der Waals surface area contributed by atoms with Crippen LogP contribution in [0.3, 0.4) is 0 Å². The van der Waals surface area contributed by atoms with Crippen LogP contribution < -0.4 is 16.2 Å². The zero-order chi connectivity index (χ0) is 30.3. The fraction of sp³-hybridized carbons (Fsp3) is 0.424. The van der Waals surface area contributed by atoms with Crippen LogP contribution >= 0.6 is 0 Å². The Hall–Kier alpha value is -3.49. The SMILES string of the molecule is CNCCc1ccn([C@@H](CCC(C)C)C(=O)N[C@]([Si])(CC(=O)O)c2cccc(-c3c(C)cc(C)cc3C)c2)c(=O)c1. The van der Waals surface area contributed by atoms with Crippen LogP contribution in [-0.4, -0.2) is 45.4 Å². The van der Waals surface area contributed by atoms with E-state index in [0.717, 1.165) is 40.8 Å². The number of nitrogens with zero attached hydrogens (tertiary/aromatic N) is 1. The molecule has 3 rings (SSSR count). The molecule has 3 radical (unpaired) electrons. The topological polar surface area (TPSA) is 100 Å². The number of nitrogens with one attached hydrogen (secondary N) is 2. The van der Waals surface area contributed by atoms with Crippen molar-refractivity contribution < 1.29 is 14.7 Å². The van der Waals surface area contributed by atoms with Gasteiger partial charge in [0.15, 0.2) is 0 Å². The van der Waals surface area contributed by atoms with Crippen LogP contribution in [-0.2, 0) is 21.2 Å². The first kappa shape index (κ1) is 32.0. The molecule has 0 bridgehead atoms. The average molecular weight is 573 g/mol. The smallest absolute Gasteiger partial charge is 0.305 e. The van der Waals surface area contributed by atoms with Crippen LogP contribution in [0.1, 0.15) is 67.0 Å². The highest BCUT2D eigenvalue weighted by Gasteiger charge is 2.35. The summed E-state index contributed by atoms with van der Waals surface area (Å²) in [5.74, 6) is -1.17. The molecule has 1 heterocycles. The van der Waals surface area contributed by atoms with Crippen molar-refractivity contribution in [1.29, 1.82) is 0 Å². The number of amides is 1. The maximum Gasteiger partial charge on any atom is 0.305 e. The van der Waals surface area contributed by atoms with Gasteiger partial charge in [-0.2, -0.15) is 0 Å². The first-order chi connectivity index (χ1) is 19.3. The first-order valence-electron chi connectivity index (χ1n) is 14.2. The summed E-state index contributed by atoms with van der Waals surface area (Å²) in [6.45, 7) is 11.0. The second-order valence-electron chi connectivity index (χ2n) is 11.4. The van der Waals surface area contributed by atoms with Crippen molar-refractivity contribution in [2.45, 2.75) is 71.5 Å². The lowest BCUT2D eigenvalue weighted by atomic mass is 9.91. The van der Waals surface area contributed by atoms with E-state index in [4.69, 9.17) is 0 Å². The largest absolute Gasteiger partial charge is 0.481 e. The highest BCUT2D eigenvalue weighted by Crippen LogP contribution is 2.32. The molecule has 0 saturated carbocycles. The van der Waals surface area contributed by atoms with E-state index in [1.807, 2.05) is 37.4 Å². The van der Waals surface area contributed by atoms with Crippen molar-refractivity contribution in [3.05, 3.63) is 92.9 Å². The van der Waals surface area contributed by atoms with E-state index in [2.05, 4.69) is 67.6 Å². The third kappa shape index (κ3) is 8.27. The van der Waals surface area contributed by atoms with E-state index in [0.29, 0.717) is 24.3 Å². The normalized spacial score (nSPS) is 13.6. The van der Waals surface area contributed by atoms with Gasteiger partial charge in [-0.3, -0.25) is 14.4 Å². The lowest BCUT2D eigenvalue weighted by molar-refractivity contribution is -0.138. The van der Waals surface area contributed by atoms with Gasteiger partial charge < -0.3 is 20.3 Å². The van der Waals surface area contributed by atoms with Gasteiger partial charge in [0, 0.05) is 12.3 Å². The number of aromatic nitrogens is 1. The summed E-state index contributed by atoms with van der Waals surface area (Å²) in [6, 6.07) is 14.5. The van der Waals surface area contributed by atoms with Crippen molar-refractivity contribution in [2.24, 2.45) is 5.92 Å². The monoisotopic (exact) mass is 572 g/mol. The minimum atomic E-state index is -1.39. The fourth-order valence-corrected chi connectivity index (χ4v) is 5.85. The Morgan fingerprint density at radius 3 is 2.29 bits per heavy atom. The van der Waals surface area contributed by atoms with Crippen LogP contribution in [0.15, 0.2) is 59.5 Å². The molecule has 3 aromatic rings. The first-order valence-corrected chi connectivity index (χ1v) is 14.7. The number of pyridine rings is 1. The van der Waals surface area contributed by atoms with E-state index < -0.39 is 23.1 Å². The second-order valence-corrected chi connectivity index (χ2v) is 12.3. The number of carboxylic acids is 1. The quantitative estimate of drug-likeness (QED) is 0.256. The summed E-state index contributed by atoms with van der Waals surface area (Å²) in [4.78, 5) is 39.1. The van der Waals surface area contributed by atoms with Crippen LogP contribution in [0.5, 0.6) is 0 Å². The third-order valence-corrected chi connectivity index (χ3v) is 8.00. The summed E-state index contributed by atoms with van der Waals surface area (Å²) in [7, 11) is 5.55. The van der Waals surface area contributed by atoms with E-state index in [9.17, 15) is 19.5 Å². The summed E-state index contributed by atoms with van der Waals surface area (Å²) in [5.41, 5.74) is 6.66. The maximum absolute atomic E-state index is 13.9. The van der Waals surface area contributed by atoms with E-state index in [-0.39, 0.29) is 12.0 Å². The highest BCUT2D eigenvalue weighted by molar-refractivity contribution is 6.18. The van der Waals surface area contributed by atoms with Crippen molar-refractivity contribution in [2.75, 3.05) is 13.6 Å². The molecule has 1 amide bonds. The van der Waals surface area contributed by atoms with Gasteiger partial charge in [0.1, 0.15) is 6.04 Å². The number of aryl methyl sites for hydroxylation is 3. The summed E-state index contributed by atoms with van der Waals surface area (Å²) in [6.07, 6.45) is 3.15. The molecule has 0 spiro atoms. The molecule has 0 aliphatic heterocycles. The number of hydrogen-bond donors (Lipinski definition) is 3. The van der Waals surface area contributed by atoms with Crippen molar-refractivity contribution >= 4 is 22.1 Å². The maximum atomic E-state index is 13.9. The zero-order valence-corrected chi connectivity index (χ0v) is 26.0. The Bertz CT molecular complexity index is 1430. The molecule has 2 aromatic carbocycles. The average Bonchev–Trinajstić information content (AvgIpc) is 2.87. The molecule has 0 fully saturated rings. The Morgan fingerprint density at radius 2 is 1.71 bits per heavy atom. The molecule has 0 aliphatic rings. The molecule has 0 aliphatic carbocycles. The van der Waals surface area contributed by atoms with Crippen LogP contribution in [0.2, 0.25) is 0 Å². The van der Waals surface area contributed by atoms with Crippen molar-refractivity contribution in [1.82, 2.24) is 15.2 Å². The number of carbonyl (C=O) groups is 2. The number of rotatable bonds is 13. The second kappa shape index (κ2) is 13.9. The molecule has 3 N–H and O–H groups in total. The number of aliphatic carboxylic acids is 1. The van der Waals surface area contributed by atoms with E-state index in [1.54, 1.807) is 12.3 Å². The third-order valence-electron chi connectivity index (χ3n) is 7.41. The molecular formula is C33H42N3O4Si. The zero-order valence-electron chi connectivity index (χ0n) is 25.0. The number of carboxylic acid groups (broad SMARTS) is 1. The minimum absolute atomic E-state index is 0.257. The van der Waals surface area contributed by atoms with Crippen molar-refractivity contribution in [3.8, 4) is 11.1 Å². The van der Waals surface area contributed by atoms with E-state index in [1.165, 1.54) is 10.1 Å². The molecule has 217 valence electrons. The number of hydrogen-bond acceptors (Lipinski definition) is 4. The molecule has 41 heavy (non-hydrogen) atoms. The number of benzene rings is 2. The van der Waals surface area contributed by atoms with Gasteiger partial charge in [-0.15, -0.1) is 0 Å². The molecule has 8 heteroatoms. The Kier molecular flexibility index (Phi) is 10.9. The number of carbonyl (C=O) groups excluding carboxylic acids is 1. The number of likely N-dealkylation sites (N-methyl/N-ethyl adjacent to an activating group) is 1. The molecule has 1 aromatic heterocycles. The molecule has 7 nitrogen and oxygen atoms in total. The molecule has 0 saturated heterocycles. The lowest BCUT2D eigenvalue weighted by Crippen LogP contribution is -2.51. The summed E-state index contributed by atoms with van der Waals surface area (Å²) in [5, 5.41) is 14.5. The lowest BCUT2D eigenvalue weighted by Gasteiger charge is -2.33. The molecular weight excluding hydrogens is 530 g/mol. The Balaban J connectivity index is 2.03. The van der Waals surface area contributed by atoms with Gasteiger partial charge in [-0.1, -0.05) is 49.7 Å². The highest BCUT2D eigenvalue weighted by atomic mass is 28.1. The van der Waals surface area contributed by atoms with Crippen LogP contribution in [0.4, 0.5) is 0 Å². The minimum Gasteiger partial charge on any atom is -0.481 e. The fourth-order valence-electron chi connectivity index (χ4n) is 5.42. The predicted molar refractivity (Wildman–Crippen MR) is 165 cm³/mol. The Labute approximate surface area is 246 Å². The van der Waals surface area contributed by atoms with Crippen molar-refractivity contribution in [3.63, 3.8) is 0 Å². The summed E-state index contributed by atoms with van der Waals surface area (Å²) >= 11 is 0. The molecule has 2 atom stereocenters. The summed E-state index contributed by atoms with van der Waals surface area (Å²) < 4.78 is 1.46. The molecule has 0 unspecified atom stereocenters. The standard InChI is InChI=1S/C33H42N3O4Si/c1-21(2)10-11-28(36-15-13-25(12-14-34-6)18-29(36)37)32(40)35-33(41,20-30(38)39)27-9-7-8-26(19-27)31-23(4)16-22(3)17-24(31)5/h7-9,13,15-19,21,28,34H,10-12,14,20H2,1-6H3,(H,35,40)(H,38,39)/t28-,33-/m0/s1. The van der Waals surface area contributed by atoms with Gasteiger partial charge in [-0.25, -0.2) is 0 Å². The van der Waals surface area contributed by atoms with Gasteiger partial charge >= 0.3 is 5.97 Å². The van der Waals surface area contributed by atoms with Gasteiger partial charge in [0.25, 0.3) is 5.56 Å².